The van der Waals surface area contributed by atoms with Crippen molar-refractivity contribution in [3.8, 4) is 0 Å². The lowest BCUT2D eigenvalue weighted by Gasteiger charge is -2.11. The Labute approximate surface area is 87.7 Å². The highest BCUT2D eigenvalue weighted by Crippen LogP contribution is 2.25. The van der Waals surface area contributed by atoms with Crippen LogP contribution in [0.15, 0.2) is 17.2 Å². The van der Waals surface area contributed by atoms with E-state index in [1.165, 1.54) is 17.3 Å². The third-order valence-corrected chi connectivity index (χ3v) is 3.20. The number of aromatic nitrogens is 1. The number of carbonyl (C=O) groups excluding carboxylic acids is 1. The van der Waals surface area contributed by atoms with Gasteiger partial charge in [0.05, 0.1) is 14.1 Å². The summed E-state index contributed by atoms with van der Waals surface area (Å²) in [5, 5.41) is 1.27. The van der Waals surface area contributed by atoms with Crippen LogP contribution in [0.25, 0.3) is 0 Å². The topological polar surface area (TPSA) is 24.2 Å². The van der Waals surface area contributed by atoms with E-state index in [0.29, 0.717) is 6.54 Å². The first-order valence-corrected chi connectivity index (χ1v) is 5.32. The van der Waals surface area contributed by atoms with Gasteiger partial charge in [0.25, 0.3) is 5.82 Å². The Bertz CT molecular complexity index is 401. The molecule has 0 radical (unpaired) electrons. The SMILES string of the molecule is Cc1ccc2[n+](c1N(C)C)CC(=O)S2. The maximum atomic E-state index is 11.3. The summed E-state index contributed by atoms with van der Waals surface area (Å²) in [7, 11) is 4.01. The average molecular weight is 209 g/mol. The Kier molecular flexibility index (Phi) is 2.23. The first-order valence-electron chi connectivity index (χ1n) is 4.51. The molecule has 0 atom stereocenters. The second-order valence-corrected chi connectivity index (χ2v) is 4.71. The minimum atomic E-state index is 0.221. The molecule has 74 valence electrons. The fourth-order valence-electron chi connectivity index (χ4n) is 1.79. The van der Waals surface area contributed by atoms with E-state index < -0.39 is 0 Å². The van der Waals surface area contributed by atoms with Crippen LogP contribution in [0.5, 0.6) is 0 Å². The molecule has 1 aliphatic rings. The van der Waals surface area contributed by atoms with Gasteiger partial charge < -0.3 is 0 Å². The predicted molar refractivity (Wildman–Crippen MR) is 56.6 cm³/mol. The number of hydrogen-bond acceptors (Lipinski definition) is 3. The summed E-state index contributed by atoms with van der Waals surface area (Å²) in [6.07, 6.45) is 0. The molecule has 0 amide bonds. The summed E-state index contributed by atoms with van der Waals surface area (Å²) in [5.74, 6) is 1.13. The Hall–Kier alpha value is -1.03. The molecule has 0 bridgehead atoms. The van der Waals surface area contributed by atoms with E-state index in [4.69, 9.17) is 0 Å². The molecule has 2 heterocycles. The van der Waals surface area contributed by atoms with E-state index in [2.05, 4.69) is 22.5 Å². The zero-order chi connectivity index (χ0) is 10.3. The number of thioether (sulfide) groups is 1. The fourth-order valence-corrected chi connectivity index (χ4v) is 2.62. The van der Waals surface area contributed by atoms with Crippen molar-refractivity contribution in [2.45, 2.75) is 18.5 Å². The summed E-state index contributed by atoms with van der Waals surface area (Å²) in [6, 6.07) is 4.07. The number of fused-ring (bicyclic) bond motifs is 1. The smallest absolute Gasteiger partial charge is 0.280 e. The molecule has 0 unspecified atom stereocenters. The maximum absolute atomic E-state index is 11.3. The third-order valence-electron chi connectivity index (χ3n) is 2.28. The van der Waals surface area contributed by atoms with Crippen LogP contribution in [0.3, 0.4) is 0 Å². The lowest BCUT2D eigenvalue weighted by molar-refractivity contribution is -0.704. The molecule has 0 saturated heterocycles. The summed E-state index contributed by atoms with van der Waals surface area (Å²) >= 11 is 1.33. The van der Waals surface area contributed by atoms with Gasteiger partial charge in [-0.15, -0.1) is 0 Å². The van der Waals surface area contributed by atoms with Crippen LogP contribution in [-0.2, 0) is 11.3 Å². The van der Waals surface area contributed by atoms with Crippen molar-refractivity contribution in [2.75, 3.05) is 19.0 Å². The molecule has 0 spiro atoms. The standard InChI is InChI=1S/C10H13N2OS/c1-7-4-5-8-12(6-9(13)14-8)10(7)11(2)3/h4-5H,6H2,1-3H3/q+1. The zero-order valence-corrected chi connectivity index (χ0v) is 9.39. The summed E-state index contributed by atoms with van der Waals surface area (Å²) in [6.45, 7) is 2.56. The monoisotopic (exact) mass is 209 g/mol. The highest BCUT2D eigenvalue weighted by molar-refractivity contribution is 8.13. The van der Waals surface area contributed by atoms with Crippen LogP contribution in [0, 0.1) is 6.92 Å². The average Bonchev–Trinajstić information content (AvgIpc) is 2.43. The van der Waals surface area contributed by atoms with Crippen LogP contribution in [-0.4, -0.2) is 19.2 Å². The van der Waals surface area contributed by atoms with E-state index in [-0.39, 0.29) is 5.12 Å². The predicted octanol–water partition coefficient (Wildman–Crippen LogP) is 0.981. The lowest BCUT2D eigenvalue weighted by atomic mass is 10.2. The molecule has 2 rings (SSSR count). The molecule has 4 heteroatoms. The number of aryl methyl sites for hydroxylation is 1. The fraction of sp³-hybridized carbons (Fsp3) is 0.400. The van der Waals surface area contributed by atoms with Crippen LogP contribution < -0.4 is 9.47 Å². The van der Waals surface area contributed by atoms with Crippen LogP contribution in [0.1, 0.15) is 5.56 Å². The zero-order valence-electron chi connectivity index (χ0n) is 8.57. The highest BCUT2D eigenvalue weighted by atomic mass is 32.2. The van der Waals surface area contributed by atoms with Gasteiger partial charge in [-0.3, -0.25) is 9.69 Å². The van der Waals surface area contributed by atoms with Gasteiger partial charge >= 0.3 is 0 Å². The number of carbonyl (C=O) groups is 1. The maximum Gasteiger partial charge on any atom is 0.280 e. The Balaban J connectivity index is 2.59. The van der Waals surface area contributed by atoms with Crippen LogP contribution in [0.2, 0.25) is 0 Å². The van der Waals surface area contributed by atoms with Crippen molar-refractivity contribution in [3.05, 3.63) is 17.7 Å². The van der Waals surface area contributed by atoms with Gasteiger partial charge in [0, 0.05) is 5.56 Å². The molecule has 3 nitrogen and oxygen atoms in total. The molecule has 0 saturated carbocycles. The van der Waals surface area contributed by atoms with Gasteiger partial charge in [-0.25, -0.2) is 4.57 Å². The minimum absolute atomic E-state index is 0.221. The van der Waals surface area contributed by atoms with Crippen molar-refractivity contribution in [3.63, 3.8) is 0 Å². The summed E-state index contributed by atoms with van der Waals surface area (Å²) in [4.78, 5) is 13.4. The Morgan fingerprint density at radius 1 is 1.43 bits per heavy atom. The van der Waals surface area contributed by atoms with E-state index in [1.54, 1.807) is 0 Å². The van der Waals surface area contributed by atoms with Crippen LogP contribution in [0.4, 0.5) is 5.82 Å². The largest absolute Gasteiger partial charge is 0.282 e. The molecule has 0 aliphatic carbocycles. The molecule has 0 N–H and O–H groups in total. The van der Waals surface area contributed by atoms with Crippen molar-refractivity contribution >= 4 is 22.7 Å². The summed E-state index contributed by atoms with van der Waals surface area (Å²) < 4.78 is 2.07. The highest BCUT2D eigenvalue weighted by Gasteiger charge is 2.29. The first-order chi connectivity index (χ1) is 6.59. The Morgan fingerprint density at radius 3 is 2.79 bits per heavy atom. The van der Waals surface area contributed by atoms with Gasteiger partial charge in [0.15, 0.2) is 11.6 Å². The van der Waals surface area contributed by atoms with E-state index in [9.17, 15) is 4.79 Å². The van der Waals surface area contributed by atoms with Gasteiger partial charge in [-0.05, 0) is 30.8 Å². The van der Waals surface area contributed by atoms with E-state index in [1.807, 2.05) is 20.2 Å². The van der Waals surface area contributed by atoms with Gasteiger partial charge in [0.2, 0.25) is 5.12 Å². The molecule has 1 aromatic rings. The van der Waals surface area contributed by atoms with Crippen molar-refractivity contribution < 1.29 is 9.36 Å². The molecule has 0 aromatic carbocycles. The summed E-state index contributed by atoms with van der Waals surface area (Å²) in [5.41, 5.74) is 1.20. The lowest BCUT2D eigenvalue weighted by Crippen LogP contribution is -2.40. The quantitative estimate of drug-likeness (QED) is 0.644. The first kappa shape index (κ1) is 9.52. The number of nitrogens with zero attached hydrogens (tertiary/aromatic N) is 2. The molecule has 1 aromatic heterocycles. The number of pyridine rings is 1. The number of anilines is 1. The number of rotatable bonds is 1. The normalized spacial score (nSPS) is 14.4. The Morgan fingerprint density at radius 2 is 2.14 bits per heavy atom. The van der Waals surface area contributed by atoms with Crippen LogP contribution >= 0.6 is 11.8 Å². The second kappa shape index (κ2) is 3.28. The van der Waals surface area contributed by atoms with Crippen molar-refractivity contribution in [1.29, 1.82) is 0 Å². The van der Waals surface area contributed by atoms with Gasteiger partial charge in [-0.1, -0.05) is 0 Å². The van der Waals surface area contributed by atoms with Crippen molar-refractivity contribution in [2.24, 2.45) is 0 Å². The third kappa shape index (κ3) is 1.39. The second-order valence-electron chi connectivity index (χ2n) is 3.63. The minimum Gasteiger partial charge on any atom is -0.282 e. The molecule has 1 aliphatic heterocycles. The van der Waals surface area contributed by atoms with E-state index in [0.717, 1.165) is 10.8 Å². The molecular formula is C10H13N2OS+. The van der Waals surface area contributed by atoms with Crippen molar-refractivity contribution in [1.82, 2.24) is 0 Å². The molecular weight excluding hydrogens is 196 g/mol. The van der Waals surface area contributed by atoms with E-state index >= 15 is 0 Å². The molecule has 14 heavy (non-hydrogen) atoms. The van der Waals surface area contributed by atoms with Gasteiger partial charge in [0.1, 0.15) is 0 Å². The van der Waals surface area contributed by atoms with Gasteiger partial charge in [-0.2, -0.15) is 0 Å². The molecule has 0 fully saturated rings. The number of hydrogen-bond donors (Lipinski definition) is 0.